The van der Waals surface area contributed by atoms with Crippen LogP contribution in [-0.4, -0.2) is 40.0 Å². The molecule has 1 amide bonds. The molecule has 1 aliphatic rings. The number of hydrogen-bond donors (Lipinski definition) is 2. The van der Waals surface area contributed by atoms with E-state index < -0.39 is 35.8 Å². The molecule has 0 saturated carbocycles. The first-order chi connectivity index (χ1) is 19.6. The Morgan fingerprint density at radius 1 is 1.10 bits per heavy atom. The van der Waals surface area contributed by atoms with Crippen LogP contribution in [0.4, 0.5) is 18.9 Å². The summed E-state index contributed by atoms with van der Waals surface area (Å²) in [5, 5.41) is 18.3. The summed E-state index contributed by atoms with van der Waals surface area (Å²) in [5.41, 5.74) is -3.21. The number of aromatic nitrogens is 2. The molecule has 11 heteroatoms. The zero-order chi connectivity index (χ0) is 29.4. The summed E-state index contributed by atoms with van der Waals surface area (Å²) in [4.78, 5) is 27.0. The van der Waals surface area contributed by atoms with Crippen molar-refractivity contribution in [2.75, 3.05) is 18.5 Å². The van der Waals surface area contributed by atoms with E-state index in [1.54, 1.807) is 6.92 Å². The van der Waals surface area contributed by atoms with E-state index >= 15 is 0 Å². The molecule has 1 unspecified atom stereocenters. The number of carbonyl (C=O) groups excluding carboxylic acids is 2. The van der Waals surface area contributed by atoms with Crippen molar-refractivity contribution in [2.24, 2.45) is 7.05 Å². The van der Waals surface area contributed by atoms with Crippen LogP contribution < -0.4 is 10.1 Å². The van der Waals surface area contributed by atoms with Gasteiger partial charge in [-0.15, -0.1) is 0 Å². The number of rotatable bonds is 9. The Kier molecular flexibility index (Phi) is 7.48. The molecule has 214 valence electrons. The van der Waals surface area contributed by atoms with Gasteiger partial charge in [-0.1, -0.05) is 54.6 Å². The van der Waals surface area contributed by atoms with Crippen LogP contribution in [0.5, 0.6) is 5.75 Å². The normalized spacial score (nSPS) is 16.5. The number of nitrogens with zero attached hydrogens (tertiary/aromatic N) is 2. The van der Waals surface area contributed by atoms with E-state index in [4.69, 9.17) is 9.47 Å². The number of ether oxygens (including phenoxy) is 2. The lowest BCUT2D eigenvalue weighted by Crippen LogP contribution is -2.44. The van der Waals surface area contributed by atoms with Crippen LogP contribution >= 0.6 is 0 Å². The molecule has 1 atom stereocenters. The van der Waals surface area contributed by atoms with E-state index in [0.717, 1.165) is 17.8 Å². The molecule has 3 aromatic carbocycles. The molecule has 2 N–H and O–H groups in total. The van der Waals surface area contributed by atoms with E-state index in [0.29, 0.717) is 10.4 Å². The maximum absolute atomic E-state index is 14.1. The Labute approximate surface area is 233 Å². The highest BCUT2D eigenvalue weighted by Gasteiger charge is 2.55. The summed E-state index contributed by atoms with van der Waals surface area (Å²) in [6.45, 7) is 1.03. The largest absolute Gasteiger partial charge is 0.493 e. The predicted molar refractivity (Wildman–Crippen MR) is 145 cm³/mol. The summed E-state index contributed by atoms with van der Waals surface area (Å²) in [6, 6.07) is 17.8. The SMILES string of the molecule is CCOC(=O)C1(CCCOc2cccc3ccccc23)C(=O)Nc2c(-c3c(CO)nn(C)c3C(F)(F)F)cccc21. The second-order valence-corrected chi connectivity index (χ2v) is 9.69. The Hall–Kier alpha value is -4.38. The molecule has 0 aliphatic carbocycles. The van der Waals surface area contributed by atoms with Gasteiger partial charge in [0, 0.05) is 29.1 Å². The predicted octanol–water partition coefficient (Wildman–Crippen LogP) is 5.36. The van der Waals surface area contributed by atoms with Crippen LogP contribution in [0.25, 0.3) is 21.9 Å². The topological polar surface area (TPSA) is 103 Å². The van der Waals surface area contributed by atoms with Crippen molar-refractivity contribution < 1.29 is 37.3 Å². The minimum Gasteiger partial charge on any atom is -0.493 e. The smallest absolute Gasteiger partial charge is 0.433 e. The van der Waals surface area contributed by atoms with Gasteiger partial charge in [-0.3, -0.25) is 14.3 Å². The molecule has 0 spiro atoms. The Morgan fingerprint density at radius 3 is 2.56 bits per heavy atom. The van der Waals surface area contributed by atoms with Crippen molar-refractivity contribution in [2.45, 2.75) is 38.0 Å². The van der Waals surface area contributed by atoms with E-state index in [-0.39, 0.29) is 54.1 Å². The third-order valence-electron chi connectivity index (χ3n) is 7.28. The summed E-state index contributed by atoms with van der Waals surface area (Å²) in [7, 11) is 1.13. The second-order valence-electron chi connectivity index (χ2n) is 9.69. The van der Waals surface area contributed by atoms with E-state index in [9.17, 15) is 27.9 Å². The number of alkyl halides is 3. The van der Waals surface area contributed by atoms with Gasteiger partial charge in [0.2, 0.25) is 5.91 Å². The van der Waals surface area contributed by atoms with Crippen molar-refractivity contribution in [3.05, 3.63) is 77.6 Å². The molecule has 0 radical (unpaired) electrons. The fourth-order valence-corrected chi connectivity index (χ4v) is 5.54. The monoisotopic (exact) mass is 567 g/mol. The van der Waals surface area contributed by atoms with Gasteiger partial charge >= 0.3 is 12.1 Å². The number of fused-ring (bicyclic) bond motifs is 2. The third-order valence-corrected chi connectivity index (χ3v) is 7.28. The summed E-state index contributed by atoms with van der Waals surface area (Å²) in [5.74, 6) is -0.852. The first-order valence-electron chi connectivity index (χ1n) is 13.1. The summed E-state index contributed by atoms with van der Waals surface area (Å²) >= 11 is 0. The van der Waals surface area contributed by atoms with Crippen molar-refractivity contribution in [3.8, 4) is 16.9 Å². The minimum absolute atomic E-state index is 0.00139. The molecule has 0 bridgehead atoms. The van der Waals surface area contributed by atoms with Gasteiger partial charge in [-0.05, 0) is 31.2 Å². The van der Waals surface area contributed by atoms with Gasteiger partial charge in [0.15, 0.2) is 11.1 Å². The van der Waals surface area contributed by atoms with Crippen molar-refractivity contribution in [3.63, 3.8) is 0 Å². The number of amides is 1. The first-order valence-corrected chi connectivity index (χ1v) is 13.1. The maximum Gasteiger partial charge on any atom is 0.433 e. The summed E-state index contributed by atoms with van der Waals surface area (Å²) in [6.07, 6.45) is -4.54. The number of para-hydroxylation sites is 1. The number of aliphatic hydroxyl groups is 1. The van der Waals surface area contributed by atoms with Crippen LogP contribution in [0, 0.1) is 0 Å². The number of benzene rings is 3. The van der Waals surface area contributed by atoms with Crippen molar-refractivity contribution in [1.29, 1.82) is 0 Å². The first kappa shape index (κ1) is 28.2. The number of aliphatic hydroxyl groups excluding tert-OH is 1. The molecule has 41 heavy (non-hydrogen) atoms. The van der Waals surface area contributed by atoms with Crippen LogP contribution in [-0.2, 0) is 39.6 Å². The standard InChI is InChI=1S/C30H28F3N3O5/c1-3-40-28(39)29(15-8-16-41-23-14-6-10-18-9-4-5-11-19(18)23)21-13-7-12-20(25(21)34-27(29)38)24-22(17-37)35-36(2)26(24)30(31,32)33/h4-7,9-14,37H,3,8,15-17H2,1-2H3,(H,34,38). The minimum atomic E-state index is -4.80. The molecule has 0 saturated heterocycles. The highest BCUT2D eigenvalue weighted by Crippen LogP contribution is 2.49. The number of halogens is 3. The second kappa shape index (κ2) is 10.9. The van der Waals surface area contributed by atoms with E-state index in [1.807, 2.05) is 42.5 Å². The molecule has 1 aromatic heterocycles. The van der Waals surface area contributed by atoms with Crippen molar-refractivity contribution >= 4 is 28.3 Å². The highest BCUT2D eigenvalue weighted by atomic mass is 19.4. The fourth-order valence-electron chi connectivity index (χ4n) is 5.54. The quantitative estimate of drug-likeness (QED) is 0.160. The van der Waals surface area contributed by atoms with Gasteiger partial charge in [0.05, 0.1) is 31.2 Å². The molecular weight excluding hydrogens is 539 g/mol. The van der Waals surface area contributed by atoms with Crippen LogP contribution in [0.15, 0.2) is 60.7 Å². The Balaban J connectivity index is 1.52. The Bertz CT molecular complexity index is 1630. The lowest BCUT2D eigenvalue weighted by atomic mass is 9.77. The number of carbonyl (C=O) groups is 2. The van der Waals surface area contributed by atoms with Gasteiger partial charge < -0.3 is 19.9 Å². The zero-order valence-corrected chi connectivity index (χ0v) is 22.4. The lowest BCUT2D eigenvalue weighted by Gasteiger charge is -2.25. The average Bonchev–Trinajstić information content (AvgIpc) is 3.44. The average molecular weight is 568 g/mol. The fraction of sp³-hybridized carbons (Fsp3) is 0.300. The number of nitrogens with one attached hydrogen (secondary N) is 1. The van der Waals surface area contributed by atoms with Crippen LogP contribution in [0.3, 0.4) is 0 Å². The van der Waals surface area contributed by atoms with Gasteiger partial charge in [-0.25, -0.2) is 0 Å². The molecule has 0 fully saturated rings. The van der Waals surface area contributed by atoms with Crippen LogP contribution in [0.2, 0.25) is 0 Å². The van der Waals surface area contributed by atoms with E-state index in [2.05, 4.69) is 10.4 Å². The molecule has 4 aromatic rings. The van der Waals surface area contributed by atoms with Gasteiger partial charge in [0.1, 0.15) is 5.75 Å². The number of esters is 1. The van der Waals surface area contributed by atoms with Crippen LogP contribution in [0.1, 0.15) is 36.7 Å². The third kappa shape index (κ3) is 4.80. The van der Waals surface area contributed by atoms with E-state index in [1.165, 1.54) is 18.2 Å². The molecular formula is C30H28F3N3O5. The Morgan fingerprint density at radius 2 is 1.83 bits per heavy atom. The molecule has 8 nitrogen and oxygen atoms in total. The zero-order valence-electron chi connectivity index (χ0n) is 22.4. The summed E-state index contributed by atoms with van der Waals surface area (Å²) < 4.78 is 54.2. The molecule has 1 aliphatic heterocycles. The highest BCUT2D eigenvalue weighted by molar-refractivity contribution is 6.21. The number of anilines is 1. The number of aryl methyl sites for hydroxylation is 1. The van der Waals surface area contributed by atoms with Gasteiger partial charge in [0.25, 0.3) is 0 Å². The molecule has 2 heterocycles. The van der Waals surface area contributed by atoms with Crippen molar-refractivity contribution in [1.82, 2.24) is 9.78 Å². The molecule has 5 rings (SSSR count). The number of hydrogen-bond acceptors (Lipinski definition) is 6. The lowest BCUT2D eigenvalue weighted by molar-refractivity contribution is -0.153. The maximum atomic E-state index is 14.1. The van der Waals surface area contributed by atoms with Gasteiger partial charge in [-0.2, -0.15) is 18.3 Å².